The predicted molar refractivity (Wildman–Crippen MR) is 93.5 cm³/mol. The van der Waals surface area contributed by atoms with Crippen LogP contribution in [0.2, 0.25) is 0 Å². The van der Waals surface area contributed by atoms with Crippen molar-refractivity contribution in [2.24, 2.45) is 5.73 Å². The molecule has 0 bridgehead atoms. The summed E-state index contributed by atoms with van der Waals surface area (Å²) in [5.74, 6) is 0.879. The van der Waals surface area contributed by atoms with E-state index < -0.39 is 5.54 Å². The molecule has 0 unspecified atom stereocenters. The Bertz CT molecular complexity index is 535. The van der Waals surface area contributed by atoms with Gasteiger partial charge in [0.1, 0.15) is 5.75 Å². The van der Waals surface area contributed by atoms with Crippen LogP contribution < -0.4 is 10.5 Å². The lowest BCUT2D eigenvalue weighted by atomic mass is 9.91. The van der Waals surface area contributed by atoms with Gasteiger partial charge in [0.2, 0.25) is 0 Å². The summed E-state index contributed by atoms with van der Waals surface area (Å²) < 4.78 is 5.83. The smallest absolute Gasteiger partial charge is 0.119 e. The molecule has 1 aliphatic rings. The van der Waals surface area contributed by atoms with Crippen LogP contribution in [0.4, 0.5) is 0 Å². The van der Waals surface area contributed by atoms with E-state index in [2.05, 4.69) is 6.92 Å². The Morgan fingerprint density at radius 2 is 1.87 bits per heavy atom. The van der Waals surface area contributed by atoms with E-state index in [1.165, 1.54) is 25.7 Å². The van der Waals surface area contributed by atoms with E-state index in [1.807, 2.05) is 24.3 Å². The Hall–Kier alpha value is -1.36. The zero-order valence-electron chi connectivity index (χ0n) is 14.1. The van der Waals surface area contributed by atoms with Crippen LogP contribution in [0, 0.1) is 0 Å². The minimum Gasteiger partial charge on any atom is -0.494 e. The Kier molecular flexibility index (Phi) is 6.63. The molecular formula is C19H29NO3. The minimum atomic E-state index is -1.04. The van der Waals surface area contributed by atoms with Gasteiger partial charge in [0.15, 0.2) is 0 Å². The second-order valence-corrected chi connectivity index (χ2v) is 6.44. The molecule has 1 aromatic carbocycles. The molecule has 23 heavy (non-hydrogen) atoms. The summed E-state index contributed by atoms with van der Waals surface area (Å²) in [4.78, 5) is 0. The van der Waals surface area contributed by atoms with Crippen LogP contribution >= 0.6 is 0 Å². The van der Waals surface area contributed by atoms with Crippen LogP contribution in [0.25, 0.3) is 6.08 Å². The van der Waals surface area contributed by atoms with Crippen molar-refractivity contribution in [3.8, 4) is 5.75 Å². The molecule has 128 valence electrons. The fourth-order valence-corrected chi connectivity index (χ4v) is 2.88. The molecular weight excluding hydrogens is 290 g/mol. The van der Waals surface area contributed by atoms with Gasteiger partial charge in [0.25, 0.3) is 0 Å². The summed E-state index contributed by atoms with van der Waals surface area (Å²) in [6.45, 7) is 2.44. The number of rotatable bonds is 10. The summed E-state index contributed by atoms with van der Waals surface area (Å²) in [6.07, 6.45) is 8.75. The summed E-state index contributed by atoms with van der Waals surface area (Å²) in [7, 11) is 0. The van der Waals surface area contributed by atoms with Gasteiger partial charge in [0.05, 0.1) is 25.4 Å². The lowest BCUT2D eigenvalue weighted by Gasteiger charge is -2.26. The molecule has 4 nitrogen and oxygen atoms in total. The number of hydrogen-bond acceptors (Lipinski definition) is 4. The number of unbranched alkanes of at least 4 members (excludes halogenated alkanes) is 4. The number of nitrogens with two attached hydrogens (primary N) is 1. The number of benzene rings is 1. The third-order valence-electron chi connectivity index (χ3n) is 4.55. The van der Waals surface area contributed by atoms with Gasteiger partial charge < -0.3 is 20.7 Å². The summed E-state index contributed by atoms with van der Waals surface area (Å²) in [6, 6.07) is 6.03. The zero-order valence-corrected chi connectivity index (χ0v) is 14.1. The molecule has 0 saturated heterocycles. The lowest BCUT2D eigenvalue weighted by Crippen LogP contribution is -2.49. The normalized spacial score (nSPS) is 13.8. The highest BCUT2D eigenvalue weighted by molar-refractivity contribution is 5.67. The molecule has 0 spiro atoms. The van der Waals surface area contributed by atoms with Crippen molar-refractivity contribution < 1.29 is 14.9 Å². The topological polar surface area (TPSA) is 75.7 Å². The molecule has 0 fully saturated rings. The van der Waals surface area contributed by atoms with E-state index in [0.29, 0.717) is 6.42 Å². The van der Waals surface area contributed by atoms with Gasteiger partial charge in [-0.2, -0.15) is 0 Å². The molecule has 0 radical (unpaired) electrons. The maximum atomic E-state index is 9.43. The van der Waals surface area contributed by atoms with Crippen molar-refractivity contribution in [3.63, 3.8) is 0 Å². The number of fused-ring (bicyclic) bond motifs is 1. The van der Waals surface area contributed by atoms with Crippen molar-refractivity contribution >= 4 is 6.08 Å². The fourth-order valence-electron chi connectivity index (χ4n) is 2.88. The number of ether oxygens (including phenoxy) is 1. The molecule has 1 aromatic rings. The SMILES string of the molecule is CCCCCCCOc1ccc2c(c1)CC(C(N)(CO)CO)=C2. The Morgan fingerprint density at radius 1 is 1.13 bits per heavy atom. The second-order valence-electron chi connectivity index (χ2n) is 6.44. The van der Waals surface area contributed by atoms with E-state index in [4.69, 9.17) is 10.5 Å². The molecule has 0 atom stereocenters. The number of aliphatic hydroxyl groups excluding tert-OH is 2. The molecule has 0 amide bonds. The maximum Gasteiger partial charge on any atom is 0.119 e. The summed E-state index contributed by atoms with van der Waals surface area (Å²) in [5.41, 5.74) is 8.11. The molecule has 4 heteroatoms. The maximum absolute atomic E-state index is 9.43. The standard InChI is InChI=1S/C19H29NO3/c1-2-3-4-5-6-9-23-18-8-7-15-10-17(11-16(15)12-18)19(20,13-21)14-22/h7-8,10,12,21-22H,2-6,9,11,13-14,20H2,1H3. The first-order valence-corrected chi connectivity index (χ1v) is 8.60. The van der Waals surface area contributed by atoms with E-state index in [1.54, 1.807) is 0 Å². The van der Waals surface area contributed by atoms with Crippen LogP contribution in [-0.4, -0.2) is 35.6 Å². The molecule has 2 rings (SSSR count). The van der Waals surface area contributed by atoms with Crippen molar-refractivity contribution in [1.29, 1.82) is 0 Å². The number of hydrogen-bond donors (Lipinski definition) is 3. The molecule has 0 aliphatic heterocycles. The van der Waals surface area contributed by atoms with E-state index >= 15 is 0 Å². The van der Waals surface area contributed by atoms with Crippen LogP contribution in [0.5, 0.6) is 5.75 Å². The summed E-state index contributed by atoms with van der Waals surface area (Å²) >= 11 is 0. The molecule has 0 heterocycles. The molecule has 4 N–H and O–H groups in total. The average molecular weight is 319 g/mol. The Morgan fingerprint density at radius 3 is 2.57 bits per heavy atom. The molecule has 0 saturated carbocycles. The van der Waals surface area contributed by atoms with E-state index in [9.17, 15) is 10.2 Å². The Balaban J connectivity index is 1.88. The highest BCUT2D eigenvalue weighted by Crippen LogP contribution is 2.32. The van der Waals surface area contributed by atoms with Crippen molar-refractivity contribution in [2.75, 3.05) is 19.8 Å². The Labute approximate surface area is 139 Å². The van der Waals surface area contributed by atoms with Gasteiger partial charge in [-0.15, -0.1) is 0 Å². The van der Waals surface area contributed by atoms with Crippen LogP contribution in [0.1, 0.15) is 50.2 Å². The van der Waals surface area contributed by atoms with Crippen molar-refractivity contribution in [2.45, 2.75) is 51.0 Å². The first-order chi connectivity index (χ1) is 11.1. The van der Waals surface area contributed by atoms with Gasteiger partial charge in [-0.3, -0.25) is 0 Å². The van der Waals surface area contributed by atoms with Gasteiger partial charge >= 0.3 is 0 Å². The fraction of sp³-hybridized carbons (Fsp3) is 0.579. The lowest BCUT2D eigenvalue weighted by molar-refractivity contribution is 0.144. The molecule has 1 aliphatic carbocycles. The number of aliphatic hydroxyl groups is 2. The average Bonchev–Trinajstić information content (AvgIpc) is 3.01. The second kappa shape index (κ2) is 8.48. The monoisotopic (exact) mass is 319 g/mol. The molecule has 0 aromatic heterocycles. The van der Waals surface area contributed by atoms with Crippen LogP contribution in [0.15, 0.2) is 23.8 Å². The zero-order chi connectivity index (χ0) is 16.7. The highest BCUT2D eigenvalue weighted by Gasteiger charge is 2.31. The first-order valence-electron chi connectivity index (χ1n) is 8.60. The minimum absolute atomic E-state index is 0.259. The van der Waals surface area contributed by atoms with Crippen molar-refractivity contribution in [1.82, 2.24) is 0 Å². The third-order valence-corrected chi connectivity index (χ3v) is 4.55. The van der Waals surface area contributed by atoms with Gasteiger partial charge in [-0.1, -0.05) is 44.7 Å². The van der Waals surface area contributed by atoms with E-state index in [0.717, 1.165) is 35.5 Å². The predicted octanol–water partition coefficient (Wildman–Crippen LogP) is 2.66. The first kappa shape index (κ1) is 18.0. The van der Waals surface area contributed by atoms with Crippen molar-refractivity contribution in [3.05, 3.63) is 34.9 Å². The third kappa shape index (κ3) is 4.56. The van der Waals surface area contributed by atoms with Gasteiger partial charge in [-0.25, -0.2) is 0 Å². The summed E-state index contributed by atoms with van der Waals surface area (Å²) in [5, 5.41) is 18.9. The largest absolute Gasteiger partial charge is 0.494 e. The van der Waals surface area contributed by atoms with Crippen LogP contribution in [-0.2, 0) is 6.42 Å². The van der Waals surface area contributed by atoms with Crippen LogP contribution in [0.3, 0.4) is 0 Å². The van der Waals surface area contributed by atoms with E-state index in [-0.39, 0.29) is 13.2 Å². The highest BCUT2D eigenvalue weighted by atomic mass is 16.5. The quantitative estimate of drug-likeness (QED) is 0.580. The van der Waals surface area contributed by atoms with Gasteiger partial charge in [-0.05, 0) is 41.7 Å². The van der Waals surface area contributed by atoms with Gasteiger partial charge in [0, 0.05) is 0 Å².